The van der Waals surface area contributed by atoms with Crippen LogP contribution in [-0.2, 0) is 6.42 Å². The van der Waals surface area contributed by atoms with E-state index in [0.29, 0.717) is 6.42 Å². The van der Waals surface area contributed by atoms with Crippen LogP contribution in [0.5, 0.6) is 0 Å². The summed E-state index contributed by atoms with van der Waals surface area (Å²) in [6.07, 6.45) is 7.31. The van der Waals surface area contributed by atoms with Gasteiger partial charge in [0.15, 0.2) is 0 Å². The first-order valence-electron chi connectivity index (χ1n) is 8.67. The molecule has 0 radical (unpaired) electrons. The lowest BCUT2D eigenvalue weighted by molar-refractivity contribution is 0.0919. The van der Waals surface area contributed by atoms with E-state index in [1.807, 2.05) is 43.5 Å². The van der Waals surface area contributed by atoms with E-state index in [9.17, 15) is 4.79 Å². The average Bonchev–Trinajstić information content (AvgIpc) is 3.02. The van der Waals surface area contributed by atoms with Crippen molar-refractivity contribution < 1.29 is 4.79 Å². The fourth-order valence-corrected chi connectivity index (χ4v) is 3.45. The fraction of sp³-hybridized carbons (Fsp3) is 0.238. The van der Waals surface area contributed by atoms with Gasteiger partial charge in [0.05, 0.1) is 17.5 Å². The Hall–Kier alpha value is -2.72. The van der Waals surface area contributed by atoms with Crippen molar-refractivity contribution in [2.45, 2.75) is 19.8 Å². The molecule has 0 atom stereocenters. The van der Waals surface area contributed by atoms with Crippen LogP contribution in [0.1, 0.15) is 27.9 Å². The van der Waals surface area contributed by atoms with Gasteiger partial charge in [-0.15, -0.1) is 0 Å². The van der Waals surface area contributed by atoms with Gasteiger partial charge in [-0.1, -0.05) is 35.9 Å². The number of benzene rings is 1. The zero-order valence-electron chi connectivity index (χ0n) is 14.3. The Bertz CT molecular complexity index is 968. The molecule has 0 saturated heterocycles. The van der Waals surface area contributed by atoms with Crippen LogP contribution in [0.4, 0.5) is 0 Å². The highest BCUT2D eigenvalue weighted by Gasteiger charge is 2.18. The van der Waals surface area contributed by atoms with Crippen LogP contribution in [0.2, 0.25) is 0 Å². The maximum absolute atomic E-state index is 12.9. The van der Waals surface area contributed by atoms with Crippen LogP contribution in [0.3, 0.4) is 0 Å². The van der Waals surface area contributed by atoms with Crippen molar-refractivity contribution in [1.29, 1.82) is 0 Å². The standard InChI is InChI=1S/C21H21N3O/c1-15-4-2-5-16(12-15)13-20(25)24-14-18(17-7-10-22-11-8-17)21-19(24)6-3-9-23-21/h2-7,9,12,14,22H,8,10-11,13H2,1H3. The van der Waals surface area contributed by atoms with E-state index in [0.717, 1.165) is 41.7 Å². The molecule has 1 aliphatic rings. The number of hydrogen-bond donors (Lipinski definition) is 1. The molecule has 3 heterocycles. The van der Waals surface area contributed by atoms with E-state index in [-0.39, 0.29) is 5.91 Å². The second-order valence-electron chi connectivity index (χ2n) is 6.53. The summed E-state index contributed by atoms with van der Waals surface area (Å²) in [7, 11) is 0. The second-order valence-corrected chi connectivity index (χ2v) is 6.53. The summed E-state index contributed by atoms with van der Waals surface area (Å²) >= 11 is 0. The zero-order valence-corrected chi connectivity index (χ0v) is 14.3. The number of fused-ring (bicyclic) bond motifs is 1. The Balaban J connectivity index is 1.74. The van der Waals surface area contributed by atoms with Crippen molar-refractivity contribution in [3.05, 3.63) is 71.6 Å². The highest BCUT2D eigenvalue weighted by molar-refractivity contribution is 5.98. The van der Waals surface area contributed by atoms with E-state index in [1.54, 1.807) is 10.8 Å². The molecule has 1 aliphatic heterocycles. The van der Waals surface area contributed by atoms with E-state index in [1.165, 1.54) is 11.1 Å². The third kappa shape index (κ3) is 3.13. The first-order chi connectivity index (χ1) is 12.2. The molecule has 0 unspecified atom stereocenters. The van der Waals surface area contributed by atoms with Gasteiger partial charge in [-0.05, 0) is 43.2 Å². The maximum atomic E-state index is 12.9. The van der Waals surface area contributed by atoms with Gasteiger partial charge < -0.3 is 5.32 Å². The number of rotatable bonds is 3. The molecule has 1 N–H and O–H groups in total. The molecule has 0 fully saturated rings. The average molecular weight is 331 g/mol. The summed E-state index contributed by atoms with van der Waals surface area (Å²) in [6, 6.07) is 12.0. The molecular formula is C21H21N3O. The van der Waals surface area contributed by atoms with Crippen molar-refractivity contribution in [3.63, 3.8) is 0 Å². The molecule has 4 nitrogen and oxygen atoms in total. The number of nitrogens with one attached hydrogen (secondary N) is 1. The number of nitrogens with zero attached hydrogens (tertiary/aromatic N) is 2. The summed E-state index contributed by atoms with van der Waals surface area (Å²) in [5.41, 5.74) is 6.35. The van der Waals surface area contributed by atoms with Gasteiger partial charge in [0.2, 0.25) is 5.91 Å². The SMILES string of the molecule is Cc1cccc(CC(=O)n2cc(C3=CCNCC3)c3ncccc32)c1. The molecule has 3 aromatic rings. The minimum atomic E-state index is 0.0735. The summed E-state index contributed by atoms with van der Waals surface area (Å²) in [6.45, 7) is 3.87. The van der Waals surface area contributed by atoms with Gasteiger partial charge >= 0.3 is 0 Å². The number of hydrogen-bond acceptors (Lipinski definition) is 3. The van der Waals surface area contributed by atoms with Crippen molar-refractivity contribution in [2.24, 2.45) is 0 Å². The molecule has 4 heteroatoms. The van der Waals surface area contributed by atoms with Gasteiger partial charge in [-0.3, -0.25) is 14.3 Å². The highest BCUT2D eigenvalue weighted by Crippen LogP contribution is 2.28. The quantitative estimate of drug-likeness (QED) is 0.797. The second kappa shape index (κ2) is 6.65. The van der Waals surface area contributed by atoms with Gasteiger partial charge in [-0.2, -0.15) is 0 Å². The van der Waals surface area contributed by atoms with E-state index in [2.05, 4.69) is 22.4 Å². The predicted octanol–water partition coefficient (Wildman–Crippen LogP) is 3.60. The lowest BCUT2D eigenvalue weighted by Gasteiger charge is -2.12. The third-order valence-electron chi connectivity index (χ3n) is 4.68. The Morgan fingerprint density at radius 3 is 3.00 bits per heavy atom. The van der Waals surface area contributed by atoms with Crippen molar-refractivity contribution >= 4 is 22.5 Å². The molecule has 1 aromatic carbocycles. The fourth-order valence-electron chi connectivity index (χ4n) is 3.45. The molecular weight excluding hydrogens is 310 g/mol. The van der Waals surface area contributed by atoms with Crippen molar-refractivity contribution in [1.82, 2.24) is 14.9 Å². The van der Waals surface area contributed by atoms with Crippen LogP contribution in [0.15, 0.2) is 54.9 Å². The lowest BCUT2D eigenvalue weighted by Crippen LogP contribution is -2.20. The Kier molecular flexibility index (Phi) is 4.20. The summed E-state index contributed by atoms with van der Waals surface area (Å²) < 4.78 is 1.77. The minimum Gasteiger partial charge on any atom is -0.313 e. The summed E-state index contributed by atoms with van der Waals surface area (Å²) in [5, 5.41) is 3.33. The molecule has 126 valence electrons. The van der Waals surface area contributed by atoms with Crippen LogP contribution >= 0.6 is 0 Å². The normalized spacial score (nSPS) is 14.5. The molecule has 0 amide bonds. The zero-order chi connectivity index (χ0) is 17.2. The highest BCUT2D eigenvalue weighted by atomic mass is 16.2. The van der Waals surface area contributed by atoms with Crippen LogP contribution < -0.4 is 5.32 Å². The number of pyridine rings is 1. The molecule has 4 rings (SSSR count). The third-order valence-corrected chi connectivity index (χ3v) is 4.68. The minimum absolute atomic E-state index is 0.0735. The molecule has 0 bridgehead atoms. The van der Waals surface area contributed by atoms with Crippen molar-refractivity contribution in [2.75, 3.05) is 13.1 Å². The number of aromatic nitrogens is 2. The van der Waals surface area contributed by atoms with Crippen molar-refractivity contribution in [3.8, 4) is 0 Å². The van der Waals surface area contributed by atoms with Gasteiger partial charge in [-0.25, -0.2) is 0 Å². The largest absolute Gasteiger partial charge is 0.313 e. The monoisotopic (exact) mass is 331 g/mol. The first kappa shape index (κ1) is 15.8. The Labute approximate surface area is 147 Å². The number of carbonyl (C=O) groups is 1. The molecule has 0 spiro atoms. The number of aryl methyl sites for hydroxylation is 1. The smallest absolute Gasteiger partial charge is 0.235 e. The molecule has 25 heavy (non-hydrogen) atoms. The van der Waals surface area contributed by atoms with Crippen LogP contribution in [0, 0.1) is 6.92 Å². The summed E-state index contributed by atoms with van der Waals surface area (Å²) in [5.74, 6) is 0.0735. The lowest BCUT2D eigenvalue weighted by atomic mass is 10.0. The Morgan fingerprint density at radius 1 is 1.28 bits per heavy atom. The van der Waals surface area contributed by atoms with E-state index < -0.39 is 0 Å². The van der Waals surface area contributed by atoms with Gasteiger partial charge in [0.1, 0.15) is 0 Å². The van der Waals surface area contributed by atoms with Gasteiger partial charge in [0, 0.05) is 24.5 Å². The number of carbonyl (C=O) groups excluding carboxylic acids is 1. The Morgan fingerprint density at radius 2 is 2.20 bits per heavy atom. The van der Waals surface area contributed by atoms with E-state index >= 15 is 0 Å². The summed E-state index contributed by atoms with van der Waals surface area (Å²) in [4.78, 5) is 17.5. The van der Waals surface area contributed by atoms with Gasteiger partial charge in [0.25, 0.3) is 0 Å². The van der Waals surface area contributed by atoms with Crippen LogP contribution in [0.25, 0.3) is 16.6 Å². The first-order valence-corrected chi connectivity index (χ1v) is 8.67. The maximum Gasteiger partial charge on any atom is 0.235 e. The van der Waals surface area contributed by atoms with E-state index in [4.69, 9.17) is 0 Å². The topological polar surface area (TPSA) is 46.9 Å². The predicted molar refractivity (Wildman–Crippen MR) is 101 cm³/mol. The van der Waals surface area contributed by atoms with Crippen LogP contribution in [-0.4, -0.2) is 28.5 Å². The molecule has 0 aliphatic carbocycles. The molecule has 2 aromatic heterocycles. The molecule has 0 saturated carbocycles.